The summed E-state index contributed by atoms with van der Waals surface area (Å²) in [6, 6.07) is 21.2. The van der Waals surface area contributed by atoms with E-state index in [2.05, 4.69) is 68.4 Å². The van der Waals surface area contributed by atoms with Gasteiger partial charge in [0.2, 0.25) is 0 Å². The summed E-state index contributed by atoms with van der Waals surface area (Å²) in [6.07, 6.45) is 5.82. The molecule has 0 aliphatic heterocycles. The van der Waals surface area contributed by atoms with Crippen molar-refractivity contribution in [2.75, 3.05) is 0 Å². The molecule has 0 radical (unpaired) electrons. The maximum absolute atomic E-state index is 11.0. The summed E-state index contributed by atoms with van der Waals surface area (Å²) in [5.74, 6) is -0.961. The van der Waals surface area contributed by atoms with Gasteiger partial charge >= 0.3 is 5.97 Å². The van der Waals surface area contributed by atoms with E-state index in [0.29, 0.717) is 5.71 Å². The number of hydrogen-bond donors (Lipinski definition) is 2. The molecule has 32 heavy (non-hydrogen) atoms. The van der Waals surface area contributed by atoms with Gasteiger partial charge in [-0.2, -0.15) is 0 Å². The van der Waals surface area contributed by atoms with Crippen molar-refractivity contribution in [1.29, 1.82) is 0 Å². The number of aromatic carboxylic acids is 1. The summed E-state index contributed by atoms with van der Waals surface area (Å²) in [4.78, 5) is 11.0. The lowest BCUT2D eigenvalue weighted by Gasteiger charge is -2.18. The molecule has 4 nitrogen and oxygen atoms in total. The zero-order valence-corrected chi connectivity index (χ0v) is 18.3. The summed E-state index contributed by atoms with van der Waals surface area (Å²) in [5.41, 5.74) is 8.17. The summed E-state index contributed by atoms with van der Waals surface area (Å²) < 4.78 is 0. The fourth-order valence-electron chi connectivity index (χ4n) is 4.06. The lowest BCUT2D eigenvalue weighted by atomic mass is 9.85. The number of carboxylic acids is 1. The molecule has 0 atom stereocenters. The van der Waals surface area contributed by atoms with E-state index in [4.69, 9.17) is 5.11 Å². The first-order valence-corrected chi connectivity index (χ1v) is 10.5. The predicted octanol–water partition coefficient (Wildman–Crippen LogP) is 6.31. The number of oxime groups is 1. The van der Waals surface area contributed by atoms with E-state index in [1.165, 1.54) is 27.8 Å². The van der Waals surface area contributed by atoms with Crippen molar-refractivity contribution in [2.24, 2.45) is 5.16 Å². The number of rotatable bonds is 5. The number of nitrogens with zero attached hydrogens (tertiary/aromatic N) is 1. The molecule has 0 amide bonds. The van der Waals surface area contributed by atoms with Crippen LogP contribution in [-0.2, 0) is 5.41 Å². The van der Waals surface area contributed by atoms with E-state index < -0.39 is 5.97 Å². The van der Waals surface area contributed by atoms with Crippen LogP contribution in [0.1, 0.15) is 57.6 Å². The van der Waals surface area contributed by atoms with Gasteiger partial charge in [-0.1, -0.05) is 85.2 Å². The summed E-state index contributed by atoms with van der Waals surface area (Å²) in [5, 5.41) is 22.2. The van der Waals surface area contributed by atoms with Gasteiger partial charge in [0, 0.05) is 11.0 Å². The van der Waals surface area contributed by atoms with Crippen LogP contribution in [0.5, 0.6) is 0 Å². The number of fused-ring (bicyclic) bond motifs is 1. The molecular weight excluding hydrogens is 398 g/mol. The number of carbonyl (C=O) groups is 1. The highest BCUT2D eigenvalue weighted by Gasteiger charge is 2.30. The Labute approximate surface area is 187 Å². The number of allylic oxidation sites excluding steroid dienone is 2. The van der Waals surface area contributed by atoms with E-state index in [0.717, 1.165) is 11.1 Å². The van der Waals surface area contributed by atoms with Gasteiger partial charge < -0.3 is 10.3 Å². The minimum Gasteiger partial charge on any atom is -0.478 e. The van der Waals surface area contributed by atoms with E-state index in [9.17, 15) is 10.0 Å². The Bertz CT molecular complexity index is 1260. The molecule has 0 saturated carbocycles. The van der Waals surface area contributed by atoms with E-state index in [1.807, 2.05) is 6.07 Å². The van der Waals surface area contributed by atoms with E-state index >= 15 is 0 Å². The maximum atomic E-state index is 11.0. The third kappa shape index (κ3) is 4.12. The third-order valence-electron chi connectivity index (χ3n) is 5.87. The van der Waals surface area contributed by atoms with Crippen molar-refractivity contribution in [1.82, 2.24) is 0 Å². The minimum atomic E-state index is -0.961. The fourth-order valence-corrected chi connectivity index (χ4v) is 4.06. The zero-order valence-electron chi connectivity index (χ0n) is 18.3. The molecule has 3 aromatic carbocycles. The Hall–Kier alpha value is -3.92. The topological polar surface area (TPSA) is 69.9 Å². The summed E-state index contributed by atoms with van der Waals surface area (Å²) in [7, 11) is 0. The second-order valence-corrected chi connectivity index (χ2v) is 8.65. The fraction of sp³-hybridized carbons (Fsp3) is 0.143. The number of aryl methyl sites for hydroxylation is 1. The number of hydrogen-bond acceptors (Lipinski definition) is 3. The first kappa shape index (κ1) is 21.3. The molecule has 0 spiro atoms. The second-order valence-electron chi connectivity index (χ2n) is 8.65. The van der Waals surface area contributed by atoms with Crippen LogP contribution in [0.3, 0.4) is 0 Å². The van der Waals surface area contributed by atoms with Crippen LogP contribution >= 0.6 is 0 Å². The standard InChI is InChI=1S/C28H25NO3/c1-18-4-9-20(10-5-18)24-17-28(2,3)25-16-22(13-14-23(24)25)26(29-32)15-8-19-6-11-21(12-7-19)27(30)31/h4-17,32H,1-3H3,(H,30,31)/b15-8+,29-26+. The average molecular weight is 424 g/mol. The summed E-state index contributed by atoms with van der Waals surface area (Å²) >= 11 is 0. The van der Waals surface area contributed by atoms with Crippen molar-refractivity contribution in [3.8, 4) is 0 Å². The first-order chi connectivity index (χ1) is 15.3. The van der Waals surface area contributed by atoms with Gasteiger partial charge in [-0.15, -0.1) is 0 Å². The van der Waals surface area contributed by atoms with E-state index in [1.54, 1.807) is 36.4 Å². The van der Waals surface area contributed by atoms with Crippen LogP contribution in [-0.4, -0.2) is 22.0 Å². The van der Waals surface area contributed by atoms with Crippen LogP contribution in [0.2, 0.25) is 0 Å². The molecule has 0 saturated heterocycles. The molecule has 0 aromatic heterocycles. The Morgan fingerprint density at radius 3 is 2.22 bits per heavy atom. The normalized spacial score (nSPS) is 15.0. The van der Waals surface area contributed by atoms with Gasteiger partial charge in [0.15, 0.2) is 0 Å². The second kappa shape index (κ2) is 8.31. The lowest BCUT2D eigenvalue weighted by molar-refractivity contribution is 0.0697. The zero-order chi connectivity index (χ0) is 22.9. The molecule has 1 aliphatic rings. The molecule has 4 heteroatoms. The molecule has 0 fully saturated rings. The molecule has 160 valence electrons. The Morgan fingerprint density at radius 2 is 1.59 bits per heavy atom. The van der Waals surface area contributed by atoms with Gasteiger partial charge in [0.05, 0.1) is 5.56 Å². The third-order valence-corrected chi connectivity index (χ3v) is 5.87. The van der Waals surface area contributed by atoms with E-state index in [-0.39, 0.29) is 11.0 Å². The molecular formula is C28H25NO3. The van der Waals surface area contributed by atoms with Gasteiger partial charge in [-0.05, 0) is 59.0 Å². The largest absolute Gasteiger partial charge is 0.478 e. The Balaban J connectivity index is 1.64. The van der Waals surface area contributed by atoms with Gasteiger partial charge in [-0.3, -0.25) is 0 Å². The number of benzene rings is 3. The SMILES string of the molecule is Cc1ccc(C2=CC(C)(C)c3cc(C(/C=C/c4ccc(C(=O)O)cc4)=N/O)ccc32)cc1. The molecule has 1 aliphatic carbocycles. The average Bonchev–Trinajstić information content (AvgIpc) is 3.05. The minimum absolute atomic E-state index is 0.150. The van der Waals surface area contributed by atoms with Crippen molar-refractivity contribution in [2.45, 2.75) is 26.2 Å². The van der Waals surface area contributed by atoms with Crippen molar-refractivity contribution in [3.63, 3.8) is 0 Å². The van der Waals surface area contributed by atoms with Crippen molar-refractivity contribution in [3.05, 3.63) is 118 Å². The quantitative estimate of drug-likeness (QED) is 0.287. The van der Waals surface area contributed by atoms with Crippen LogP contribution in [0.25, 0.3) is 11.6 Å². The summed E-state index contributed by atoms with van der Waals surface area (Å²) in [6.45, 7) is 6.46. The molecule has 0 heterocycles. The van der Waals surface area contributed by atoms with Crippen molar-refractivity contribution >= 4 is 23.3 Å². The lowest BCUT2D eigenvalue weighted by Crippen LogP contribution is -2.12. The first-order valence-electron chi connectivity index (χ1n) is 10.5. The number of carboxylic acid groups (broad SMARTS) is 1. The van der Waals surface area contributed by atoms with Crippen LogP contribution in [0.15, 0.2) is 84.0 Å². The molecule has 2 N–H and O–H groups in total. The highest BCUT2D eigenvalue weighted by Crippen LogP contribution is 2.43. The highest BCUT2D eigenvalue weighted by molar-refractivity contribution is 6.11. The van der Waals surface area contributed by atoms with Gasteiger partial charge in [-0.25, -0.2) is 4.79 Å². The highest BCUT2D eigenvalue weighted by atomic mass is 16.4. The van der Waals surface area contributed by atoms with Crippen LogP contribution in [0, 0.1) is 6.92 Å². The van der Waals surface area contributed by atoms with Crippen molar-refractivity contribution < 1.29 is 15.1 Å². The smallest absolute Gasteiger partial charge is 0.335 e. The molecule has 0 bridgehead atoms. The Morgan fingerprint density at radius 1 is 0.938 bits per heavy atom. The monoisotopic (exact) mass is 423 g/mol. The molecule has 0 unspecified atom stereocenters. The molecule has 3 aromatic rings. The van der Waals surface area contributed by atoms with Crippen LogP contribution < -0.4 is 0 Å². The van der Waals surface area contributed by atoms with Gasteiger partial charge in [0.1, 0.15) is 5.71 Å². The Kier molecular flexibility index (Phi) is 5.54. The molecule has 4 rings (SSSR count). The predicted molar refractivity (Wildman–Crippen MR) is 128 cm³/mol. The maximum Gasteiger partial charge on any atom is 0.335 e. The van der Waals surface area contributed by atoms with Gasteiger partial charge in [0.25, 0.3) is 0 Å². The van der Waals surface area contributed by atoms with Crippen LogP contribution in [0.4, 0.5) is 0 Å².